The summed E-state index contributed by atoms with van der Waals surface area (Å²) in [4.78, 5) is 0. The van der Waals surface area contributed by atoms with E-state index in [1.165, 1.54) is 11.1 Å². The summed E-state index contributed by atoms with van der Waals surface area (Å²) in [5.74, 6) is 0.225. The van der Waals surface area contributed by atoms with E-state index in [0.29, 0.717) is 0 Å². The first kappa shape index (κ1) is 9.75. The lowest BCUT2D eigenvalue weighted by Gasteiger charge is -2.12. The zero-order valence-corrected chi connectivity index (χ0v) is 8.93. The lowest BCUT2D eigenvalue weighted by Crippen LogP contribution is -2.01. The molecule has 1 rings (SSSR count). The molecule has 12 heavy (non-hydrogen) atoms. The van der Waals surface area contributed by atoms with Gasteiger partial charge < -0.3 is 5.11 Å². The fourth-order valence-corrected chi connectivity index (χ4v) is 1.64. The summed E-state index contributed by atoms with van der Waals surface area (Å²) in [5.41, 5.74) is 2.44. The van der Waals surface area contributed by atoms with E-state index in [2.05, 4.69) is 28.9 Å². The molecule has 0 aliphatic carbocycles. The zero-order chi connectivity index (χ0) is 9.14. The number of hydrogen-bond acceptors (Lipinski definition) is 1. The quantitative estimate of drug-likeness (QED) is 0.826. The number of aliphatic hydroxyl groups excluding tert-OH is 1. The SMILES string of the molecule is Cc1c(Br)cccc1C(C)CO. The van der Waals surface area contributed by atoms with Gasteiger partial charge in [-0.15, -0.1) is 0 Å². The van der Waals surface area contributed by atoms with E-state index in [-0.39, 0.29) is 12.5 Å². The van der Waals surface area contributed by atoms with Gasteiger partial charge in [0, 0.05) is 17.0 Å². The topological polar surface area (TPSA) is 20.2 Å². The van der Waals surface area contributed by atoms with Crippen molar-refractivity contribution in [2.45, 2.75) is 19.8 Å². The smallest absolute Gasteiger partial charge is 0.0497 e. The van der Waals surface area contributed by atoms with Crippen LogP contribution in [-0.2, 0) is 0 Å². The Bertz CT molecular complexity index is 271. The molecule has 0 saturated carbocycles. The Kier molecular flexibility index (Phi) is 3.29. The van der Waals surface area contributed by atoms with Crippen molar-refractivity contribution in [1.29, 1.82) is 0 Å². The predicted octanol–water partition coefficient (Wildman–Crippen LogP) is 2.85. The number of benzene rings is 1. The van der Waals surface area contributed by atoms with Gasteiger partial charge in [0.25, 0.3) is 0 Å². The van der Waals surface area contributed by atoms with Crippen molar-refractivity contribution in [3.63, 3.8) is 0 Å². The van der Waals surface area contributed by atoms with Crippen molar-refractivity contribution >= 4 is 15.9 Å². The third-order valence-electron chi connectivity index (χ3n) is 2.11. The molecule has 0 saturated heterocycles. The molecule has 1 N–H and O–H groups in total. The second kappa shape index (κ2) is 4.06. The van der Waals surface area contributed by atoms with E-state index in [9.17, 15) is 0 Å². The lowest BCUT2D eigenvalue weighted by molar-refractivity contribution is 0.272. The predicted molar refractivity (Wildman–Crippen MR) is 54.4 cm³/mol. The van der Waals surface area contributed by atoms with Crippen molar-refractivity contribution in [3.05, 3.63) is 33.8 Å². The Morgan fingerprint density at radius 3 is 2.75 bits per heavy atom. The second-order valence-corrected chi connectivity index (χ2v) is 3.89. The molecule has 1 atom stereocenters. The highest BCUT2D eigenvalue weighted by atomic mass is 79.9. The molecule has 66 valence electrons. The van der Waals surface area contributed by atoms with Crippen molar-refractivity contribution in [2.75, 3.05) is 6.61 Å². The van der Waals surface area contributed by atoms with Crippen LogP contribution in [0, 0.1) is 6.92 Å². The average molecular weight is 229 g/mol. The highest BCUT2D eigenvalue weighted by Crippen LogP contribution is 2.25. The van der Waals surface area contributed by atoms with E-state index >= 15 is 0 Å². The minimum absolute atomic E-state index is 0.206. The molecule has 0 spiro atoms. The molecule has 1 unspecified atom stereocenters. The second-order valence-electron chi connectivity index (χ2n) is 3.04. The van der Waals surface area contributed by atoms with Crippen LogP contribution in [0.3, 0.4) is 0 Å². The molecule has 0 radical (unpaired) electrons. The number of halogens is 1. The minimum Gasteiger partial charge on any atom is -0.396 e. The summed E-state index contributed by atoms with van der Waals surface area (Å²) in [6.07, 6.45) is 0. The molecule has 1 aromatic carbocycles. The molecule has 1 nitrogen and oxygen atoms in total. The van der Waals surface area contributed by atoms with Crippen molar-refractivity contribution in [3.8, 4) is 0 Å². The normalized spacial score (nSPS) is 13.0. The third kappa shape index (κ3) is 1.87. The fourth-order valence-electron chi connectivity index (χ4n) is 1.26. The monoisotopic (exact) mass is 228 g/mol. The van der Waals surface area contributed by atoms with Crippen LogP contribution < -0.4 is 0 Å². The van der Waals surface area contributed by atoms with Gasteiger partial charge in [-0.2, -0.15) is 0 Å². The molecule has 0 aromatic heterocycles. The Hall–Kier alpha value is -0.340. The minimum atomic E-state index is 0.206. The highest BCUT2D eigenvalue weighted by molar-refractivity contribution is 9.10. The van der Waals surface area contributed by atoms with Crippen LogP contribution in [0.1, 0.15) is 24.0 Å². The van der Waals surface area contributed by atoms with Gasteiger partial charge in [0.2, 0.25) is 0 Å². The van der Waals surface area contributed by atoms with Crippen LogP contribution in [0.15, 0.2) is 22.7 Å². The average Bonchev–Trinajstić information content (AvgIpc) is 2.08. The molecule has 1 aromatic rings. The van der Waals surface area contributed by atoms with Gasteiger partial charge in [-0.25, -0.2) is 0 Å². The first-order chi connectivity index (χ1) is 5.66. The molecule has 0 heterocycles. The number of rotatable bonds is 2. The van der Waals surface area contributed by atoms with Crippen LogP contribution >= 0.6 is 15.9 Å². The van der Waals surface area contributed by atoms with Crippen molar-refractivity contribution < 1.29 is 5.11 Å². The summed E-state index contributed by atoms with van der Waals surface area (Å²) in [5, 5.41) is 8.99. The first-order valence-corrected chi connectivity index (χ1v) is 4.82. The Labute approximate surface area is 81.6 Å². The van der Waals surface area contributed by atoms with E-state index in [0.717, 1.165) is 4.47 Å². The molecular weight excluding hydrogens is 216 g/mol. The standard InChI is InChI=1S/C10H13BrO/c1-7(6-12)9-4-3-5-10(11)8(9)2/h3-5,7,12H,6H2,1-2H3. The molecule has 0 aliphatic rings. The Balaban J connectivity index is 3.07. The summed E-state index contributed by atoms with van der Waals surface area (Å²) in [7, 11) is 0. The largest absolute Gasteiger partial charge is 0.396 e. The summed E-state index contributed by atoms with van der Waals surface area (Å²) in [6.45, 7) is 4.29. The van der Waals surface area contributed by atoms with Crippen LogP contribution in [0.2, 0.25) is 0 Å². The molecule has 0 fully saturated rings. The molecule has 0 aliphatic heterocycles. The Morgan fingerprint density at radius 2 is 2.17 bits per heavy atom. The van der Waals surface area contributed by atoms with Gasteiger partial charge in [0.1, 0.15) is 0 Å². The summed E-state index contributed by atoms with van der Waals surface area (Å²) < 4.78 is 1.11. The molecule has 0 amide bonds. The Morgan fingerprint density at radius 1 is 1.50 bits per heavy atom. The fraction of sp³-hybridized carbons (Fsp3) is 0.400. The first-order valence-electron chi connectivity index (χ1n) is 4.02. The van der Waals surface area contributed by atoms with E-state index < -0.39 is 0 Å². The zero-order valence-electron chi connectivity index (χ0n) is 7.34. The molecule has 2 heteroatoms. The van der Waals surface area contributed by atoms with Gasteiger partial charge in [0.15, 0.2) is 0 Å². The van der Waals surface area contributed by atoms with Crippen LogP contribution in [0.25, 0.3) is 0 Å². The third-order valence-corrected chi connectivity index (χ3v) is 2.97. The van der Waals surface area contributed by atoms with Crippen molar-refractivity contribution in [1.82, 2.24) is 0 Å². The maximum Gasteiger partial charge on any atom is 0.0497 e. The molecular formula is C10H13BrO. The highest BCUT2D eigenvalue weighted by Gasteiger charge is 2.07. The van der Waals surface area contributed by atoms with Gasteiger partial charge in [-0.05, 0) is 24.1 Å². The van der Waals surface area contributed by atoms with Crippen LogP contribution in [-0.4, -0.2) is 11.7 Å². The molecule has 0 bridgehead atoms. The maximum absolute atomic E-state index is 8.99. The summed E-state index contributed by atoms with van der Waals surface area (Å²) >= 11 is 3.46. The van der Waals surface area contributed by atoms with Gasteiger partial charge in [-0.3, -0.25) is 0 Å². The van der Waals surface area contributed by atoms with Crippen LogP contribution in [0.4, 0.5) is 0 Å². The van der Waals surface area contributed by atoms with Gasteiger partial charge in [0.05, 0.1) is 0 Å². The van der Waals surface area contributed by atoms with E-state index in [1.807, 2.05) is 19.1 Å². The summed E-state index contributed by atoms with van der Waals surface area (Å²) in [6, 6.07) is 6.07. The van der Waals surface area contributed by atoms with Crippen molar-refractivity contribution in [2.24, 2.45) is 0 Å². The van der Waals surface area contributed by atoms with Gasteiger partial charge in [-0.1, -0.05) is 35.0 Å². The van der Waals surface area contributed by atoms with E-state index in [4.69, 9.17) is 5.11 Å². The number of aliphatic hydroxyl groups is 1. The van der Waals surface area contributed by atoms with Crippen LogP contribution in [0.5, 0.6) is 0 Å². The maximum atomic E-state index is 8.99. The van der Waals surface area contributed by atoms with Gasteiger partial charge >= 0.3 is 0 Å². The van der Waals surface area contributed by atoms with E-state index in [1.54, 1.807) is 0 Å². The number of hydrogen-bond donors (Lipinski definition) is 1. The lowest BCUT2D eigenvalue weighted by atomic mass is 9.97.